The minimum Gasteiger partial charge on any atom is -0.256 e. The Morgan fingerprint density at radius 1 is 0.107 bits per heavy atom. The summed E-state index contributed by atoms with van der Waals surface area (Å²) in [5.41, 5.74) is 58.2. The van der Waals surface area contributed by atoms with Crippen LogP contribution in [-0.2, 0) is 21.7 Å². The van der Waals surface area contributed by atoms with Gasteiger partial charge in [-0.3, -0.25) is 29.9 Å². The normalized spacial score (nSPS) is 13.5. The van der Waals surface area contributed by atoms with Crippen molar-refractivity contribution in [2.24, 2.45) is 0 Å². The van der Waals surface area contributed by atoms with Gasteiger partial charge in [0, 0.05) is 126 Å². The van der Waals surface area contributed by atoms with E-state index in [1.54, 1.807) is 0 Å². The molecule has 0 atom stereocenters. The summed E-state index contributed by atoms with van der Waals surface area (Å²) in [6, 6.07) is 165. The highest BCUT2D eigenvalue weighted by Crippen LogP contribution is 2.57. The van der Waals surface area contributed by atoms with Crippen molar-refractivity contribution in [1.29, 1.82) is 0 Å². The zero-order valence-electron chi connectivity index (χ0n) is 84.9. The van der Waals surface area contributed by atoms with Gasteiger partial charge in [-0.2, -0.15) is 0 Å². The Kier molecular flexibility index (Phi) is 21.6. The molecule has 4 aliphatic carbocycles. The van der Waals surface area contributed by atoms with E-state index in [2.05, 4.69) is 529 Å². The van der Waals surface area contributed by atoms with Crippen LogP contribution in [0.4, 0.5) is 0 Å². The average molecular weight is 1920 g/mol. The molecule has 150 heavy (non-hydrogen) atoms. The minimum absolute atomic E-state index is 0.128. The monoisotopic (exact) mass is 1920 g/mol. The predicted octanol–water partition coefficient (Wildman–Crippen LogP) is 37.3. The lowest BCUT2D eigenvalue weighted by Gasteiger charge is -2.22. The maximum atomic E-state index is 5.33. The molecular formula is C144H104N6. The van der Waals surface area contributed by atoms with Crippen LogP contribution in [0.3, 0.4) is 0 Å². The van der Waals surface area contributed by atoms with E-state index in [4.69, 9.17) is 29.9 Å². The number of benzene rings is 17. The second-order valence-corrected chi connectivity index (χ2v) is 42.8. The number of aromatic nitrogens is 6. The third-order valence-corrected chi connectivity index (χ3v) is 32.7. The molecule has 0 saturated heterocycles. The van der Waals surface area contributed by atoms with Crippen molar-refractivity contribution in [1.82, 2.24) is 29.9 Å². The molecule has 6 heteroatoms. The Morgan fingerprint density at radius 2 is 0.247 bits per heavy atom. The molecule has 0 bridgehead atoms. The van der Waals surface area contributed by atoms with Crippen molar-refractivity contribution in [3.05, 3.63) is 531 Å². The predicted molar refractivity (Wildman–Crippen MR) is 621 cm³/mol. The topological polar surface area (TPSA) is 77.3 Å². The highest BCUT2D eigenvalue weighted by Gasteiger charge is 2.40. The number of rotatable bonds is 18. The molecule has 6 heterocycles. The number of hydrogen-bond acceptors (Lipinski definition) is 6. The van der Waals surface area contributed by atoms with Gasteiger partial charge < -0.3 is 0 Å². The lowest BCUT2D eigenvalue weighted by molar-refractivity contribution is 0.660. The summed E-state index contributed by atoms with van der Waals surface area (Å²) >= 11 is 0. The molecule has 0 radical (unpaired) electrons. The van der Waals surface area contributed by atoms with E-state index in [0.29, 0.717) is 0 Å². The molecule has 6 nitrogen and oxygen atoms in total. The Labute approximate surface area is 876 Å². The molecule has 0 amide bonds. The highest BCUT2D eigenvalue weighted by atomic mass is 14.7. The maximum Gasteiger partial charge on any atom is 0.0702 e. The standard InChI is InChI=1S/C144H104N6/c1-141(2)127-48-25-21-44-119(127)123-62-52-91(79-131(123)141)137-68-58-97(85-147-137)109-34-11-17-40-115(109)103-73-101(74-104(77-103)116-41-18-12-35-110(116)98-59-69-138(148-86-98)92-53-63-124-120-45-22-26-49-128(120)142(3,4)132(124)80-92)113-38-15-9-32-107(113)95-56-66-135(145-83-95)89-30-29-31-90(72-89)136-67-57-96(84-146-136)108-33-10-16-39-114(108)102-75-105(117-42-19-13-36-111(117)99-60-70-139(149-87-99)93-54-64-125-121-46-23-27-50-129(121)143(5,6)133(125)81-93)78-106(76-102)118-43-20-14-37-112(118)100-61-71-140(150-88-100)94-55-65-126-122-47-24-28-51-130(122)144(7,8)134(126)82-94/h9-88H,1-8H3. The van der Waals surface area contributed by atoms with Crippen molar-refractivity contribution in [2.75, 3.05) is 0 Å². The van der Waals surface area contributed by atoms with E-state index >= 15 is 0 Å². The van der Waals surface area contributed by atoms with E-state index in [9.17, 15) is 0 Å². The maximum absolute atomic E-state index is 5.33. The van der Waals surface area contributed by atoms with E-state index in [0.717, 1.165) is 201 Å². The van der Waals surface area contributed by atoms with E-state index in [1.165, 1.54) is 89.0 Å². The summed E-state index contributed by atoms with van der Waals surface area (Å²) in [6.07, 6.45) is 12.3. The number of hydrogen-bond donors (Lipinski definition) is 0. The number of pyridine rings is 6. The van der Waals surface area contributed by atoms with Crippen LogP contribution < -0.4 is 0 Å². The molecule has 27 rings (SSSR count). The SMILES string of the molecule is CC1(C)c2ccccc2-c2ccc(-c3ccc(-c4ccccc4-c4cc(-c5ccccc5-c5ccc(-c6cccc(-c7ccc(-c8ccccc8-c8cc(-c9ccccc9-c9ccc(-c%10ccc%11c(c%10)C(C)(C)c%10ccccc%10-%11)nc9)cc(-c9ccccc9-c9ccc(-c%10ccc%11c(c%10)C(C)(C)c%10ccccc%10-%11)nc9)c8)cn7)c6)nc5)cc(-c5ccccc5-c5ccc(-c6ccc7c(c6)C(C)(C)c6ccccc6-7)nc5)c4)cn3)cc21. The van der Waals surface area contributed by atoms with Crippen LogP contribution in [0, 0.1) is 0 Å². The van der Waals surface area contributed by atoms with E-state index in [1.807, 2.05) is 12.4 Å². The molecule has 23 aromatic rings. The molecule has 0 saturated carbocycles. The Balaban J connectivity index is 0.506. The van der Waals surface area contributed by atoms with Gasteiger partial charge in [-0.05, 0) is 292 Å². The highest BCUT2D eigenvalue weighted by molar-refractivity contribution is 5.99. The molecule has 0 unspecified atom stereocenters. The summed E-state index contributed by atoms with van der Waals surface area (Å²) in [5, 5.41) is 0. The second-order valence-electron chi connectivity index (χ2n) is 42.8. The first-order valence-electron chi connectivity index (χ1n) is 52.1. The molecule has 710 valence electrons. The van der Waals surface area contributed by atoms with Crippen LogP contribution in [0.15, 0.2) is 486 Å². The third-order valence-electron chi connectivity index (χ3n) is 32.7. The first-order chi connectivity index (χ1) is 73.3. The lowest BCUT2D eigenvalue weighted by Crippen LogP contribution is -2.14. The molecule has 0 aliphatic heterocycles. The van der Waals surface area contributed by atoms with Gasteiger partial charge in [0.2, 0.25) is 0 Å². The molecule has 6 aromatic heterocycles. The van der Waals surface area contributed by atoms with Crippen LogP contribution in [-0.4, -0.2) is 29.9 Å². The van der Waals surface area contributed by atoms with Gasteiger partial charge in [-0.25, -0.2) is 0 Å². The van der Waals surface area contributed by atoms with Gasteiger partial charge in [0.25, 0.3) is 0 Å². The molecule has 17 aromatic carbocycles. The first-order valence-corrected chi connectivity index (χ1v) is 52.1. The second kappa shape index (κ2) is 35.8. The van der Waals surface area contributed by atoms with E-state index < -0.39 is 0 Å². The molecular weight excluding hydrogens is 1810 g/mol. The zero-order chi connectivity index (χ0) is 101. The summed E-state index contributed by atoms with van der Waals surface area (Å²) in [7, 11) is 0. The van der Waals surface area contributed by atoms with Crippen molar-refractivity contribution in [3.63, 3.8) is 0 Å². The largest absolute Gasteiger partial charge is 0.256 e. The zero-order valence-corrected chi connectivity index (χ0v) is 84.9. The Morgan fingerprint density at radius 3 is 0.420 bits per heavy atom. The number of fused-ring (bicyclic) bond motifs is 12. The van der Waals surface area contributed by atoms with Crippen molar-refractivity contribution < 1.29 is 0 Å². The molecule has 0 fully saturated rings. The van der Waals surface area contributed by atoms with Gasteiger partial charge in [-0.1, -0.05) is 401 Å². The van der Waals surface area contributed by atoms with Crippen molar-refractivity contribution in [2.45, 2.75) is 77.0 Å². The fourth-order valence-corrected chi connectivity index (χ4v) is 24.7. The van der Waals surface area contributed by atoms with Gasteiger partial charge >= 0.3 is 0 Å². The Bertz CT molecular complexity index is 8420. The molecule has 4 aliphatic rings. The fraction of sp³-hybridized carbons (Fsp3) is 0.0833. The third kappa shape index (κ3) is 15.4. The van der Waals surface area contributed by atoms with Gasteiger partial charge in [0.05, 0.1) is 34.2 Å². The van der Waals surface area contributed by atoms with E-state index in [-0.39, 0.29) is 21.7 Å². The van der Waals surface area contributed by atoms with Crippen LogP contribution >= 0.6 is 0 Å². The fourth-order valence-electron chi connectivity index (χ4n) is 24.7. The number of nitrogens with zero attached hydrogens (tertiary/aromatic N) is 6. The average Bonchev–Trinajstić information content (AvgIpc) is 1.58. The van der Waals surface area contributed by atoms with Gasteiger partial charge in [-0.15, -0.1) is 0 Å². The van der Waals surface area contributed by atoms with Crippen LogP contribution in [0.1, 0.15) is 99.9 Å². The summed E-state index contributed by atoms with van der Waals surface area (Å²) < 4.78 is 0. The van der Waals surface area contributed by atoms with Crippen molar-refractivity contribution >= 4 is 0 Å². The van der Waals surface area contributed by atoms with Crippen LogP contribution in [0.2, 0.25) is 0 Å². The summed E-state index contributed by atoms with van der Waals surface area (Å²) in [4.78, 5) is 31.7. The van der Waals surface area contributed by atoms with Gasteiger partial charge in [0.1, 0.15) is 0 Å². The van der Waals surface area contributed by atoms with Crippen LogP contribution in [0.25, 0.3) is 246 Å². The lowest BCUT2D eigenvalue weighted by atomic mass is 9.82. The van der Waals surface area contributed by atoms with Crippen LogP contribution in [0.5, 0.6) is 0 Å². The summed E-state index contributed by atoms with van der Waals surface area (Å²) in [5.74, 6) is 0. The smallest absolute Gasteiger partial charge is 0.0702 e. The quantitative estimate of drug-likeness (QED) is 0.0852. The Hall–Kier alpha value is -18.4. The minimum atomic E-state index is -0.128. The van der Waals surface area contributed by atoms with Gasteiger partial charge in [0.15, 0.2) is 0 Å². The summed E-state index contributed by atoms with van der Waals surface area (Å²) in [6.45, 7) is 18.7. The first kappa shape index (κ1) is 90.4. The molecule has 0 spiro atoms. The molecule has 0 N–H and O–H groups in total. The van der Waals surface area contributed by atoms with Crippen molar-refractivity contribution in [3.8, 4) is 246 Å².